The number of benzene rings is 1. The summed E-state index contributed by atoms with van der Waals surface area (Å²) in [6, 6.07) is 6.28. The number of anilines is 3. The van der Waals surface area contributed by atoms with Crippen molar-refractivity contribution >= 4 is 29.3 Å². The SMILES string of the molecule is CC(C)NC(=O)[C@H]1CCC[C@H]1Nc1nc(Nc2ccc(C(=O)N(C)C3CCN(C)C3)cc2)ncc1C(F)(F)F. The molecule has 0 spiro atoms. The van der Waals surface area contributed by atoms with E-state index in [0.29, 0.717) is 24.1 Å². The first-order chi connectivity index (χ1) is 18.4. The first-order valence-corrected chi connectivity index (χ1v) is 13.3. The zero-order valence-corrected chi connectivity index (χ0v) is 22.7. The van der Waals surface area contributed by atoms with Gasteiger partial charge in [-0.3, -0.25) is 9.59 Å². The maximum atomic E-state index is 13.8. The summed E-state index contributed by atoms with van der Waals surface area (Å²) in [5, 5.41) is 8.66. The molecular formula is C27H36F3N7O2. The van der Waals surface area contributed by atoms with E-state index in [2.05, 4.69) is 30.8 Å². The third-order valence-corrected chi connectivity index (χ3v) is 7.32. The molecule has 1 aliphatic heterocycles. The van der Waals surface area contributed by atoms with E-state index >= 15 is 0 Å². The average molecular weight is 548 g/mol. The predicted molar refractivity (Wildman–Crippen MR) is 143 cm³/mol. The van der Waals surface area contributed by atoms with E-state index in [9.17, 15) is 22.8 Å². The molecule has 3 N–H and O–H groups in total. The quantitative estimate of drug-likeness (QED) is 0.457. The number of carbonyl (C=O) groups is 2. The molecule has 2 heterocycles. The van der Waals surface area contributed by atoms with Gasteiger partial charge in [-0.2, -0.15) is 18.2 Å². The zero-order chi connectivity index (χ0) is 28.3. The number of likely N-dealkylation sites (tertiary alicyclic amines) is 1. The van der Waals surface area contributed by atoms with Gasteiger partial charge in [0.05, 0.1) is 5.92 Å². The Bertz CT molecular complexity index is 1170. The minimum atomic E-state index is -4.67. The molecule has 1 saturated heterocycles. The van der Waals surface area contributed by atoms with Crippen molar-refractivity contribution < 1.29 is 22.8 Å². The molecule has 212 valence electrons. The molecule has 12 heteroatoms. The van der Waals surface area contributed by atoms with Crippen LogP contribution in [0.15, 0.2) is 30.5 Å². The number of carbonyl (C=O) groups excluding carboxylic acids is 2. The van der Waals surface area contributed by atoms with Crippen LogP contribution >= 0.6 is 0 Å². The molecule has 0 bridgehead atoms. The lowest BCUT2D eigenvalue weighted by molar-refractivity contribution is -0.137. The zero-order valence-electron chi connectivity index (χ0n) is 22.7. The molecule has 2 amide bonds. The first-order valence-electron chi connectivity index (χ1n) is 13.3. The normalized spacial score (nSPS) is 21.7. The number of amides is 2. The summed E-state index contributed by atoms with van der Waals surface area (Å²) in [5.74, 6) is -1.12. The Morgan fingerprint density at radius 2 is 1.85 bits per heavy atom. The molecule has 1 aromatic heterocycles. The van der Waals surface area contributed by atoms with Crippen LogP contribution in [0, 0.1) is 5.92 Å². The highest BCUT2D eigenvalue weighted by Crippen LogP contribution is 2.36. The van der Waals surface area contributed by atoms with Crippen LogP contribution in [-0.4, -0.2) is 76.9 Å². The van der Waals surface area contributed by atoms with Crippen molar-refractivity contribution in [1.29, 1.82) is 0 Å². The highest BCUT2D eigenvalue weighted by Gasteiger charge is 2.39. The summed E-state index contributed by atoms with van der Waals surface area (Å²) in [7, 11) is 3.82. The molecule has 9 nitrogen and oxygen atoms in total. The fourth-order valence-corrected chi connectivity index (χ4v) is 5.20. The van der Waals surface area contributed by atoms with Gasteiger partial charge in [-0.25, -0.2) is 4.98 Å². The predicted octanol–water partition coefficient (Wildman–Crippen LogP) is 4.12. The van der Waals surface area contributed by atoms with Crippen molar-refractivity contribution in [2.45, 2.75) is 63.8 Å². The lowest BCUT2D eigenvalue weighted by Crippen LogP contribution is -2.41. The molecule has 1 aromatic carbocycles. The highest BCUT2D eigenvalue weighted by atomic mass is 19.4. The largest absolute Gasteiger partial charge is 0.421 e. The first kappa shape index (κ1) is 28.6. The van der Waals surface area contributed by atoms with Gasteiger partial charge in [0.2, 0.25) is 11.9 Å². The van der Waals surface area contributed by atoms with Crippen LogP contribution in [0.25, 0.3) is 0 Å². The minimum Gasteiger partial charge on any atom is -0.366 e. The second-order valence-electron chi connectivity index (χ2n) is 10.7. The summed E-state index contributed by atoms with van der Waals surface area (Å²) >= 11 is 0. The molecule has 39 heavy (non-hydrogen) atoms. The van der Waals surface area contributed by atoms with E-state index in [1.165, 1.54) is 0 Å². The third kappa shape index (κ3) is 6.97. The lowest BCUT2D eigenvalue weighted by Gasteiger charge is -2.24. The number of rotatable bonds is 8. The van der Waals surface area contributed by atoms with Gasteiger partial charge in [0, 0.05) is 49.2 Å². The second-order valence-corrected chi connectivity index (χ2v) is 10.7. The van der Waals surface area contributed by atoms with Crippen LogP contribution in [0.2, 0.25) is 0 Å². The summed E-state index contributed by atoms with van der Waals surface area (Å²) in [5.41, 5.74) is 0.0420. The van der Waals surface area contributed by atoms with Gasteiger partial charge < -0.3 is 25.8 Å². The Balaban J connectivity index is 1.48. The fraction of sp³-hybridized carbons (Fsp3) is 0.556. The van der Waals surface area contributed by atoms with E-state index in [4.69, 9.17) is 0 Å². The van der Waals surface area contributed by atoms with E-state index < -0.39 is 23.7 Å². The molecule has 2 fully saturated rings. The van der Waals surface area contributed by atoms with E-state index in [1.807, 2.05) is 20.9 Å². The Morgan fingerprint density at radius 1 is 1.13 bits per heavy atom. The van der Waals surface area contributed by atoms with Crippen LogP contribution in [0.4, 0.5) is 30.6 Å². The molecular weight excluding hydrogens is 511 g/mol. The van der Waals surface area contributed by atoms with Crippen LogP contribution in [-0.2, 0) is 11.0 Å². The van der Waals surface area contributed by atoms with Gasteiger partial charge in [0.15, 0.2) is 0 Å². The molecule has 3 atom stereocenters. The summed E-state index contributed by atoms with van der Waals surface area (Å²) in [4.78, 5) is 37.4. The second kappa shape index (κ2) is 11.8. The lowest BCUT2D eigenvalue weighted by atomic mass is 10.0. The topological polar surface area (TPSA) is 102 Å². The van der Waals surface area contributed by atoms with Gasteiger partial charge in [-0.05, 0) is 71.0 Å². The number of alkyl halides is 3. The summed E-state index contributed by atoms with van der Waals surface area (Å²) in [6.07, 6.45) is -1.14. The fourth-order valence-electron chi connectivity index (χ4n) is 5.20. The molecule has 4 rings (SSSR count). The minimum absolute atomic E-state index is 0.0307. The molecule has 1 aliphatic carbocycles. The number of nitrogens with zero attached hydrogens (tertiary/aromatic N) is 4. The smallest absolute Gasteiger partial charge is 0.366 e. The Labute approximate surface area is 226 Å². The monoisotopic (exact) mass is 547 g/mol. The standard InChI is InChI=1S/C27H36F3N7O2/c1-16(2)32-24(38)20-6-5-7-22(20)34-23-21(27(28,29)30)14-31-26(35-23)33-18-10-8-17(9-11-18)25(39)37(4)19-12-13-36(3)15-19/h8-11,14,16,19-20,22H,5-7,12-13,15H2,1-4H3,(H,32,38)(H2,31,33,34,35)/t19?,20-,22+/m0/s1. The summed E-state index contributed by atoms with van der Waals surface area (Å²) < 4.78 is 41.3. The van der Waals surface area contributed by atoms with Gasteiger partial charge in [0.25, 0.3) is 5.91 Å². The Kier molecular flexibility index (Phi) is 8.63. The summed E-state index contributed by atoms with van der Waals surface area (Å²) in [6.45, 7) is 5.46. The number of hydrogen-bond acceptors (Lipinski definition) is 7. The molecule has 0 radical (unpaired) electrons. The van der Waals surface area contributed by atoms with Crippen molar-refractivity contribution in [3.63, 3.8) is 0 Å². The maximum absolute atomic E-state index is 13.8. The van der Waals surface area contributed by atoms with Gasteiger partial charge in [-0.1, -0.05) is 6.42 Å². The molecule has 1 saturated carbocycles. The van der Waals surface area contributed by atoms with E-state index in [1.54, 1.807) is 36.2 Å². The average Bonchev–Trinajstić information content (AvgIpc) is 3.51. The molecule has 2 aromatic rings. The van der Waals surface area contributed by atoms with Crippen molar-refractivity contribution in [3.8, 4) is 0 Å². The number of likely N-dealkylation sites (N-methyl/N-ethyl adjacent to an activating group) is 2. The Hall–Kier alpha value is -3.41. The Morgan fingerprint density at radius 3 is 2.46 bits per heavy atom. The van der Waals surface area contributed by atoms with Gasteiger partial charge >= 0.3 is 6.18 Å². The van der Waals surface area contributed by atoms with Crippen LogP contribution in [0.3, 0.4) is 0 Å². The van der Waals surface area contributed by atoms with Crippen molar-refractivity contribution in [2.24, 2.45) is 5.92 Å². The molecule has 2 aliphatic rings. The molecule has 1 unspecified atom stereocenters. The van der Waals surface area contributed by atoms with Crippen LogP contribution in [0.1, 0.15) is 55.5 Å². The van der Waals surface area contributed by atoms with E-state index in [0.717, 1.165) is 32.1 Å². The van der Waals surface area contributed by atoms with E-state index in [-0.39, 0.29) is 35.7 Å². The van der Waals surface area contributed by atoms with Gasteiger partial charge in [-0.15, -0.1) is 0 Å². The van der Waals surface area contributed by atoms with Crippen LogP contribution < -0.4 is 16.0 Å². The van der Waals surface area contributed by atoms with Crippen molar-refractivity contribution in [3.05, 3.63) is 41.6 Å². The van der Waals surface area contributed by atoms with Crippen LogP contribution in [0.5, 0.6) is 0 Å². The number of hydrogen-bond donors (Lipinski definition) is 3. The maximum Gasteiger partial charge on any atom is 0.421 e. The van der Waals surface area contributed by atoms with Crippen molar-refractivity contribution in [1.82, 2.24) is 25.1 Å². The third-order valence-electron chi connectivity index (χ3n) is 7.32. The highest BCUT2D eigenvalue weighted by molar-refractivity contribution is 5.94. The van der Waals surface area contributed by atoms with Gasteiger partial charge in [0.1, 0.15) is 11.4 Å². The number of halogens is 3. The number of nitrogens with one attached hydrogen (secondary N) is 3. The number of aromatic nitrogens is 2. The van der Waals surface area contributed by atoms with Crippen molar-refractivity contribution in [2.75, 3.05) is 37.8 Å².